The van der Waals surface area contributed by atoms with E-state index in [-0.39, 0.29) is 52.9 Å². The summed E-state index contributed by atoms with van der Waals surface area (Å²) in [6.45, 7) is 4.35. The van der Waals surface area contributed by atoms with Crippen LogP contribution in [-0.4, -0.2) is 45.6 Å². The quantitative estimate of drug-likeness (QED) is 0.115. The molecule has 4 atom stereocenters. The number of ether oxygens (including phenoxy) is 1. The Morgan fingerprint density at radius 2 is 0.852 bits per heavy atom. The number of carbonyl (C=O) groups excluding carboxylic acids is 4. The van der Waals surface area contributed by atoms with Crippen molar-refractivity contribution >= 4 is 35.0 Å². The van der Waals surface area contributed by atoms with Gasteiger partial charge in [-0.1, -0.05) is 159 Å². The SMILES string of the molecule is CC(C)(c1ccc(O)cc1)c1ccc(OCC23c4ccccc4C(c4ccccc42)C2C(=O)N(c4ccc(N5C(=O)C6C(C5=O)C5(c7ccc(O)cc7)c7ccccc7C6(Cc6ccc(O)cc6)c6ccccc65)cc4)C(=O)C23)cc1. The molecule has 2 heterocycles. The zero-order valence-electron chi connectivity index (χ0n) is 44.4. The number of phenols is 3. The van der Waals surface area contributed by atoms with Gasteiger partial charge in [-0.2, -0.15) is 0 Å². The average molecular weight is 1060 g/mol. The maximum Gasteiger partial charge on any atom is 0.239 e. The molecule has 81 heavy (non-hydrogen) atoms. The highest BCUT2D eigenvalue weighted by atomic mass is 16.5. The normalized spacial score (nSPS) is 25.2. The molecule has 4 bridgehead atoms. The average Bonchev–Trinajstić information content (AvgIpc) is 4.12. The molecule has 9 aromatic rings. The molecule has 4 unspecified atom stereocenters. The van der Waals surface area contributed by atoms with Gasteiger partial charge in [-0.25, -0.2) is 9.80 Å². The second-order valence-electron chi connectivity index (χ2n) is 23.4. The smallest absolute Gasteiger partial charge is 0.239 e. The largest absolute Gasteiger partial charge is 0.508 e. The molecule has 396 valence electrons. The Hall–Kier alpha value is -9.54. The van der Waals surface area contributed by atoms with Crippen molar-refractivity contribution in [1.29, 1.82) is 0 Å². The van der Waals surface area contributed by atoms with Gasteiger partial charge in [0.25, 0.3) is 0 Å². The molecule has 17 rings (SSSR count). The summed E-state index contributed by atoms with van der Waals surface area (Å²) in [6.07, 6.45) is 0.357. The minimum Gasteiger partial charge on any atom is -0.508 e. The summed E-state index contributed by atoms with van der Waals surface area (Å²) < 4.78 is 6.87. The van der Waals surface area contributed by atoms with Crippen molar-refractivity contribution in [3.05, 3.63) is 285 Å². The van der Waals surface area contributed by atoms with Crippen molar-refractivity contribution in [3.8, 4) is 23.0 Å². The number of rotatable bonds is 10. The third kappa shape index (κ3) is 6.38. The molecule has 2 fully saturated rings. The van der Waals surface area contributed by atoms with Gasteiger partial charge in [0.2, 0.25) is 23.6 Å². The first-order valence-electron chi connectivity index (χ1n) is 27.6. The monoisotopic (exact) mass is 1060 g/mol. The van der Waals surface area contributed by atoms with E-state index in [1.807, 2.05) is 109 Å². The van der Waals surface area contributed by atoms with E-state index in [2.05, 4.69) is 62.4 Å². The van der Waals surface area contributed by atoms with Gasteiger partial charge in [0.1, 0.15) is 29.6 Å². The molecule has 0 saturated carbocycles. The number of imide groups is 2. The highest BCUT2D eigenvalue weighted by molar-refractivity contribution is 6.26. The minimum atomic E-state index is -1.14. The predicted molar refractivity (Wildman–Crippen MR) is 307 cm³/mol. The summed E-state index contributed by atoms with van der Waals surface area (Å²) in [5.41, 5.74) is 8.38. The van der Waals surface area contributed by atoms with Gasteiger partial charge in [0.05, 0.1) is 45.9 Å². The molecule has 0 spiro atoms. The summed E-state index contributed by atoms with van der Waals surface area (Å²) >= 11 is 0. The molecule has 2 aliphatic heterocycles. The van der Waals surface area contributed by atoms with Crippen LogP contribution >= 0.6 is 0 Å². The number of nitrogens with zero attached hydrogens (tertiary/aromatic N) is 2. The highest BCUT2D eigenvalue weighted by Crippen LogP contribution is 2.70. The standard InChI is InChI=1S/C71H54N2O8/c1-68(2,42-21-33-48(75)34-22-42)43-25-37-50(38-26-43)81-40-70-53-13-5-3-11-51(53)59(52-12-4-6-14-54(52)70)60-61(70)65(78)72(64(60)77)45-27-29-46(30-28-45)73-66(79)62-63(67(73)80)71(44-23-35-49(76)36-24-44)57-17-9-7-15-55(57)69(62,56-16-8-10-18-58(56)71)39-41-19-31-47(74)32-20-41/h3-38,59-63,74-76H,39-40H2,1-2H3. The fourth-order valence-electron chi connectivity index (χ4n) is 16.1. The molecule has 10 nitrogen and oxygen atoms in total. The molecular formula is C71H54N2O8. The van der Waals surface area contributed by atoms with E-state index >= 15 is 19.2 Å². The number of phenolic OH excluding ortho intramolecular Hbond substituents is 3. The van der Waals surface area contributed by atoms with Crippen LogP contribution in [0, 0.1) is 23.7 Å². The molecule has 0 radical (unpaired) electrons. The van der Waals surface area contributed by atoms with Gasteiger partial charge in [0, 0.05) is 16.7 Å². The third-order valence-electron chi connectivity index (χ3n) is 19.5. The number of hydrogen-bond acceptors (Lipinski definition) is 8. The molecule has 4 amide bonds. The lowest BCUT2D eigenvalue weighted by Crippen LogP contribution is -2.62. The van der Waals surface area contributed by atoms with E-state index in [1.54, 1.807) is 60.7 Å². The van der Waals surface area contributed by atoms with Crippen molar-refractivity contribution in [2.24, 2.45) is 23.7 Å². The van der Waals surface area contributed by atoms with Gasteiger partial charge < -0.3 is 20.1 Å². The highest BCUT2D eigenvalue weighted by Gasteiger charge is 2.74. The third-order valence-corrected chi connectivity index (χ3v) is 19.5. The Labute approximate surface area is 468 Å². The van der Waals surface area contributed by atoms with Crippen LogP contribution in [-0.2, 0) is 47.3 Å². The Morgan fingerprint density at radius 1 is 0.432 bits per heavy atom. The summed E-state index contributed by atoms with van der Waals surface area (Å²) in [7, 11) is 0. The van der Waals surface area contributed by atoms with Crippen LogP contribution in [0.2, 0.25) is 0 Å². The number of benzene rings is 9. The van der Waals surface area contributed by atoms with Crippen molar-refractivity contribution in [2.45, 2.75) is 47.8 Å². The zero-order valence-corrected chi connectivity index (χ0v) is 44.4. The van der Waals surface area contributed by atoms with E-state index in [9.17, 15) is 15.3 Å². The Morgan fingerprint density at radius 3 is 1.38 bits per heavy atom. The van der Waals surface area contributed by atoms with Gasteiger partial charge in [-0.15, -0.1) is 0 Å². The van der Waals surface area contributed by atoms with Crippen molar-refractivity contribution < 1.29 is 39.2 Å². The molecule has 6 aliphatic carbocycles. The van der Waals surface area contributed by atoms with Gasteiger partial charge >= 0.3 is 0 Å². The predicted octanol–water partition coefficient (Wildman–Crippen LogP) is 11.8. The molecule has 2 saturated heterocycles. The van der Waals surface area contributed by atoms with E-state index in [1.165, 1.54) is 9.80 Å². The first kappa shape index (κ1) is 48.6. The van der Waals surface area contributed by atoms with Crippen LogP contribution in [0.3, 0.4) is 0 Å². The van der Waals surface area contributed by atoms with Crippen LogP contribution in [0.25, 0.3) is 0 Å². The first-order chi connectivity index (χ1) is 39.3. The van der Waals surface area contributed by atoms with Crippen LogP contribution < -0.4 is 14.5 Å². The van der Waals surface area contributed by atoms with E-state index < -0.39 is 45.8 Å². The summed E-state index contributed by atoms with van der Waals surface area (Å²) in [5.74, 6) is -4.18. The molecule has 9 aromatic carbocycles. The lowest BCUT2D eigenvalue weighted by atomic mass is 9.39. The summed E-state index contributed by atoms with van der Waals surface area (Å²) in [5, 5.41) is 31.0. The fourth-order valence-corrected chi connectivity index (χ4v) is 16.1. The topological polar surface area (TPSA) is 145 Å². The van der Waals surface area contributed by atoms with Crippen LogP contribution in [0.1, 0.15) is 86.5 Å². The maximum absolute atomic E-state index is 16.0. The second kappa shape index (κ2) is 17.2. The van der Waals surface area contributed by atoms with E-state index in [4.69, 9.17) is 4.74 Å². The Bertz CT molecular complexity index is 4020. The molecule has 8 aliphatic rings. The second-order valence-corrected chi connectivity index (χ2v) is 23.4. The van der Waals surface area contributed by atoms with Crippen LogP contribution in [0.5, 0.6) is 23.0 Å². The Balaban J connectivity index is 0.807. The molecule has 3 N–H and O–H groups in total. The van der Waals surface area contributed by atoms with Gasteiger partial charge in [0.15, 0.2) is 0 Å². The van der Waals surface area contributed by atoms with Gasteiger partial charge in [-0.3, -0.25) is 19.2 Å². The van der Waals surface area contributed by atoms with Crippen molar-refractivity contribution in [3.63, 3.8) is 0 Å². The maximum atomic E-state index is 16.0. The molecule has 0 aromatic heterocycles. The summed E-state index contributed by atoms with van der Waals surface area (Å²) in [4.78, 5) is 65.7. The van der Waals surface area contributed by atoms with E-state index in [0.717, 1.165) is 66.8 Å². The number of carbonyl (C=O) groups is 4. The fraction of sp³-hybridized carbons (Fsp3) is 0.183. The molecular weight excluding hydrogens is 1010 g/mol. The lowest BCUT2D eigenvalue weighted by Gasteiger charge is -2.60. The zero-order chi connectivity index (χ0) is 55.3. The number of aromatic hydroxyl groups is 3. The van der Waals surface area contributed by atoms with Crippen molar-refractivity contribution in [1.82, 2.24) is 0 Å². The van der Waals surface area contributed by atoms with Crippen LogP contribution in [0.4, 0.5) is 11.4 Å². The number of anilines is 2. The van der Waals surface area contributed by atoms with Crippen LogP contribution in [0.15, 0.2) is 218 Å². The summed E-state index contributed by atoms with van der Waals surface area (Å²) in [6, 6.07) is 68.3. The number of amides is 4. The lowest BCUT2D eigenvalue weighted by molar-refractivity contribution is -0.124. The van der Waals surface area contributed by atoms with Gasteiger partial charge in [-0.05, 0) is 146 Å². The van der Waals surface area contributed by atoms with Crippen molar-refractivity contribution in [2.75, 3.05) is 16.4 Å². The minimum absolute atomic E-state index is 0.0749. The van der Waals surface area contributed by atoms with E-state index in [0.29, 0.717) is 23.5 Å². The first-order valence-corrected chi connectivity index (χ1v) is 27.6. The number of hydrogen-bond donors (Lipinski definition) is 3. The Kier molecular flexibility index (Phi) is 10.3. The molecule has 10 heteroatoms.